The fourth-order valence-corrected chi connectivity index (χ4v) is 4.33. The maximum Gasteiger partial charge on any atom is 0.221 e. The highest BCUT2D eigenvalue weighted by molar-refractivity contribution is 5.76. The van der Waals surface area contributed by atoms with Gasteiger partial charge in [-0.05, 0) is 51.6 Å². The van der Waals surface area contributed by atoms with E-state index in [2.05, 4.69) is 27.5 Å². The molecular formula is C21H37N5O3. The zero-order valence-corrected chi connectivity index (χ0v) is 17.8. The predicted octanol–water partition coefficient (Wildman–Crippen LogP) is 1.52. The van der Waals surface area contributed by atoms with Gasteiger partial charge in [0.1, 0.15) is 6.10 Å². The molecule has 1 amide bonds. The molecule has 3 rings (SSSR count). The molecule has 0 bridgehead atoms. The van der Waals surface area contributed by atoms with Crippen molar-refractivity contribution in [3.05, 3.63) is 11.9 Å². The Morgan fingerprint density at radius 1 is 1.28 bits per heavy atom. The van der Waals surface area contributed by atoms with Crippen LogP contribution in [0.4, 0.5) is 0 Å². The van der Waals surface area contributed by atoms with Crippen molar-refractivity contribution < 1.29 is 14.6 Å². The van der Waals surface area contributed by atoms with Crippen molar-refractivity contribution in [1.82, 2.24) is 25.2 Å². The number of nitrogens with zero attached hydrogens (tertiary/aromatic N) is 4. The number of carbonyl (C=O) groups excluding carboxylic acids is 1. The number of aliphatic hydroxyl groups is 1. The van der Waals surface area contributed by atoms with Gasteiger partial charge >= 0.3 is 0 Å². The number of rotatable bonds is 10. The molecule has 0 aromatic carbocycles. The zero-order chi connectivity index (χ0) is 20.5. The molecule has 3 heterocycles. The monoisotopic (exact) mass is 407 g/mol. The Labute approximate surface area is 174 Å². The number of ether oxygens (including phenoxy) is 1. The van der Waals surface area contributed by atoms with Gasteiger partial charge in [0.05, 0.1) is 24.4 Å². The number of piperidine rings is 1. The lowest BCUT2D eigenvalue weighted by atomic mass is 9.97. The Morgan fingerprint density at radius 3 is 2.86 bits per heavy atom. The third kappa shape index (κ3) is 7.04. The number of carbonyl (C=O) groups is 1. The van der Waals surface area contributed by atoms with Crippen LogP contribution < -0.4 is 5.32 Å². The van der Waals surface area contributed by atoms with Gasteiger partial charge in [0.15, 0.2) is 0 Å². The second kappa shape index (κ2) is 11.6. The lowest BCUT2D eigenvalue weighted by molar-refractivity contribution is -0.129. The molecule has 164 valence electrons. The van der Waals surface area contributed by atoms with Gasteiger partial charge in [-0.3, -0.25) is 9.48 Å². The maximum atomic E-state index is 12.4. The molecule has 2 aliphatic heterocycles. The Hall–Kier alpha value is -1.51. The first-order valence-electron chi connectivity index (χ1n) is 11.3. The fourth-order valence-electron chi connectivity index (χ4n) is 4.33. The Kier molecular flexibility index (Phi) is 8.89. The molecule has 1 aromatic heterocycles. The molecule has 0 radical (unpaired) electrons. The molecule has 0 unspecified atom stereocenters. The number of amides is 1. The summed E-state index contributed by atoms with van der Waals surface area (Å²) in [6, 6.07) is -0.104. The van der Waals surface area contributed by atoms with E-state index in [1.807, 2.05) is 10.9 Å². The topological polar surface area (TPSA) is 92.5 Å². The molecule has 8 heteroatoms. The second-order valence-corrected chi connectivity index (χ2v) is 8.39. The van der Waals surface area contributed by atoms with Gasteiger partial charge < -0.3 is 20.1 Å². The first-order chi connectivity index (χ1) is 14.2. The van der Waals surface area contributed by atoms with E-state index in [-0.39, 0.29) is 30.8 Å². The highest BCUT2D eigenvalue weighted by Crippen LogP contribution is 2.22. The highest BCUT2D eigenvalue weighted by Gasteiger charge is 2.31. The van der Waals surface area contributed by atoms with Crippen molar-refractivity contribution in [1.29, 1.82) is 0 Å². The third-order valence-electron chi connectivity index (χ3n) is 6.02. The average molecular weight is 408 g/mol. The minimum Gasteiger partial charge on any atom is -0.394 e. The number of nitrogens with one attached hydrogen (secondary N) is 1. The van der Waals surface area contributed by atoms with Crippen molar-refractivity contribution in [2.45, 2.75) is 89.5 Å². The number of aliphatic hydroxyl groups excluding tert-OH is 1. The van der Waals surface area contributed by atoms with Crippen molar-refractivity contribution in [3.8, 4) is 0 Å². The standard InChI is InChI=1S/C21H37N5O3/c1-2-6-17-15-26(24-23-17)14-9-18-7-8-19(20(16-27)29-18)22-21(28)10-13-25-11-4-3-5-12-25/h15,18-20,27H,2-14,16H2,1H3,(H,22,28)/t18-,19+,20+/m1/s1. The van der Waals surface area contributed by atoms with Crippen LogP contribution in [0.5, 0.6) is 0 Å². The number of aryl methyl sites for hydroxylation is 2. The van der Waals surface area contributed by atoms with Crippen LogP contribution in [0.15, 0.2) is 6.20 Å². The molecular weight excluding hydrogens is 370 g/mol. The number of hydrogen-bond acceptors (Lipinski definition) is 6. The van der Waals surface area contributed by atoms with Gasteiger partial charge in [-0.2, -0.15) is 0 Å². The molecule has 0 aliphatic carbocycles. The van der Waals surface area contributed by atoms with Gasteiger partial charge in [-0.15, -0.1) is 5.10 Å². The van der Waals surface area contributed by atoms with Crippen molar-refractivity contribution in [2.24, 2.45) is 0 Å². The van der Waals surface area contributed by atoms with Crippen molar-refractivity contribution in [3.63, 3.8) is 0 Å². The predicted molar refractivity (Wildman–Crippen MR) is 110 cm³/mol. The maximum absolute atomic E-state index is 12.4. The quantitative estimate of drug-likeness (QED) is 0.611. The summed E-state index contributed by atoms with van der Waals surface area (Å²) in [4.78, 5) is 14.7. The van der Waals surface area contributed by atoms with Gasteiger partial charge in [0, 0.05) is 25.7 Å². The minimum atomic E-state index is -0.334. The van der Waals surface area contributed by atoms with E-state index < -0.39 is 0 Å². The van der Waals surface area contributed by atoms with Crippen LogP contribution in [0.1, 0.15) is 64.0 Å². The Balaban J connectivity index is 1.38. The van der Waals surface area contributed by atoms with Gasteiger partial charge in [0.25, 0.3) is 0 Å². The highest BCUT2D eigenvalue weighted by atomic mass is 16.5. The molecule has 2 aliphatic rings. The number of hydrogen-bond donors (Lipinski definition) is 2. The molecule has 8 nitrogen and oxygen atoms in total. The summed E-state index contributed by atoms with van der Waals surface area (Å²) in [5, 5.41) is 21.2. The van der Waals surface area contributed by atoms with E-state index in [0.717, 1.165) is 64.0 Å². The van der Waals surface area contributed by atoms with Crippen LogP contribution in [0.3, 0.4) is 0 Å². The number of aromatic nitrogens is 3. The summed E-state index contributed by atoms with van der Waals surface area (Å²) in [6.45, 7) is 5.85. The minimum absolute atomic E-state index is 0.0622. The Bertz CT molecular complexity index is 617. The average Bonchev–Trinajstić information content (AvgIpc) is 3.20. The largest absolute Gasteiger partial charge is 0.394 e. The van der Waals surface area contributed by atoms with Crippen LogP contribution >= 0.6 is 0 Å². The van der Waals surface area contributed by atoms with E-state index in [4.69, 9.17) is 4.74 Å². The molecule has 3 atom stereocenters. The molecule has 0 spiro atoms. The van der Waals surface area contributed by atoms with E-state index in [1.54, 1.807) is 0 Å². The third-order valence-corrected chi connectivity index (χ3v) is 6.02. The fraction of sp³-hybridized carbons (Fsp3) is 0.857. The van der Waals surface area contributed by atoms with Crippen molar-refractivity contribution in [2.75, 3.05) is 26.2 Å². The SMILES string of the molecule is CCCc1cn(CC[C@H]2CC[C@H](NC(=O)CCN3CCCCC3)[C@H](CO)O2)nn1. The summed E-state index contributed by atoms with van der Waals surface area (Å²) >= 11 is 0. The second-order valence-electron chi connectivity index (χ2n) is 8.39. The van der Waals surface area contributed by atoms with Crippen LogP contribution in [0, 0.1) is 0 Å². The lowest BCUT2D eigenvalue weighted by Gasteiger charge is -2.36. The normalized spacial score (nSPS) is 25.8. The van der Waals surface area contributed by atoms with Crippen LogP contribution in [-0.4, -0.2) is 75.4 Å². The smallest absolute Gasteiger partial charge is 0.221 e. The van der Waals surface area contributed by atoms with Gasteiger partial charge in [-0.1, -0.05) is 25.0 Å². The van der Waals surface area contributed by atoms with Crippen LogP contribution in [0.2, 0.25) is 0 Å². The molecule has 2 N–H and O–H groups in total. The molecule has 0 saturated carbocycles. The summed E-state index contributed by atoms with van der Waals surface area (Å²) < 4.78 is 7.95. The van der Waals surface area contributed by atoms with Crippen LogP contribution in [0.25, 0.3) is 0 Å². The summed E-state index contributed by atoms with van der Waals surface area (Å²) in [6.07, 6.45) is 10.6. The van der Waals surface area contributed by atoms with Crippen molar-refractivity contribution >= 4 is 5.91 Å². The summed E-state index contributed by atoms with van der Waals surface area (Å²) in [7, 11) is 0. The molecule has 2 saturated heterocycles. The first-order valence-corrected chi connectivity index (χ1v) is 11.3. The van der Waals surface area contributed by atoms with E-state index in [0.29, 0.717) is 6.42 Å². The first kappa shape index (κ1) is 22.2. The van der Waals surface area contributed by atoms with Gasteiger partial charge in [0.2, 0.25) is 5.91 Å². The molecule has 1 aromatic rings. The van der Waals surface area contributed by atoms with Gasteiger partial charge in [-0.25, -0.2) is 0 Å². The number of likely N-dealkylation sites (tertiary alicyclic amines) is 1. The van der Waals surface area contributed by atoms with E-state index >= 15 is 0 Å². The Morgan fingerprint density at radius 2 is 2.10 bits per heavy atom. The molecule has 2 fully saturated rings. The molecule has 29 heavy (non-hydrogen) atoms. The van der Waals surface area contributed by atoms with E-state index in [9.17, 15) is 9.90 Å². The van der Waals surface area contributed by atoms with E-state index in [1.165, 1.54) is 19.3 Å². The van der Waals surface area contributed by atoms with Crippen LogP contribution in [-0.2, 0) is 22.5 Å². The summed E-state index contributed by atoms with van der Waals surface area (Å²) in [5.74, 6) is 0.0622. The lowest BCUT2D eigenvalue weighted by Crippen LogP contribution is -2.51. The zero-order valence-electron chi connectivity index (χ0n) is 17.8. The summed E-state index contributed by atoms with van der Waals surface area (Å²) in [5.41, 5.74) is 1.03.